The highest BCUT2D eigenvalue weighted by atomic mass is 16.5. The van der Waals surface area contributed by atoms with Crippen LogP contribution in [0.25, 0.3) is 0 Å². The fourth-order valence-electron chi connectivity index (χ4n) is 3.78. The minimum absolute atomic E-state index is 0.0271. The molecule has 1 aromatic rings. The Balaban J connectivity index is 1.55. The van der Waals surface area contributed by atoms with E-state index in [9.17, 15) is 9.90 Å². The first-order valence-corrected chi connectivity index (χ1v) is 9.07. The molecule has 0 aliphatic carbocycles. The molecule has 24 heavy (non-hydrogen) atoms. The van der Waals surface area contributed by atoms with Crippen molar-refractivity contribution < 1.29 is 14.6 Å². The van der Waals surface area contributed by atoms with E-state index in [1.807, 2.05) is 42.2 Å². The average Bonchev–Trinajstić information content (AvgIpc) is 3.27. The molecule has 0 radical (unpaired) electrons. The van der Waals surface area contributed by atoms with Crippen LogP contribution in [0.4, 0.5) is 4.79 Å². The smallest absolute Gasteiger partial charge is 0.317 e. The monoisotopic (exact) mass is 332 g/mol. The Morgan fingerprint density at radius 3 is 2.83 bits per heavy atom. The number of nitrogens with zero attached hydrogens (tertiary/aromatic N) is 1. The summed E-state index contributed by atoms with van der Waals surface area (Å²) < 4.78 is 5.65. The van der Waals surface area contributed by atoms with E-state index in [0.29, 0.717) is 6.42 Å². The molecule has 132 valence electrons. The fraction of sp³-hybridized carbons (Fsp3) is 0.632. The highest BCUT2D eigenvalue weighted by Crippen LogP contribution is 2.27. The maximum atomic E-state index is 12.6. The van der Waals surface area contributed by atoms with Crippen molar-refractivity contribution in [2.24, 2.45) is 0 Å². The van der Waals surface area contributed by atoms with Crippen LogP contribution < -0.4 is 5.32 Å². The van der Waals surface area contributed by atoms with Crippen LogP contribution in [-0.4, -0.2) is 47.4 Å². The second-order valence-corrected chi connectivity index (χ2v) is 6.94. The largest absolute Gasteiger partial charge is 0.388 e. The van der Waals surface area contributed by atoms with Crippen molar-refractivity contribution in [1.82, 2.24) is 10.2 Å². The van der Waals surface area contributed by atoms with Crippen molar-refractivity contribution in [3.63, 3.8) is 0 Å². The molecule has 4 atom stereocenters. The lowest BCUT2D eigenvalue weighted by molar-refractivity contribution is 0.0810. The van der Waals surface area contributed by atoms with Crippen LogP contribution >= 0.6 is 0 Å². The van der Waals surface area contributed by atoms with Crippen LogP contribution in [0.2, 0.25) is 0 Å². The summed E-state index contributed by atoms with van der Waals surface area (Å²) in [4.78, 5) is 14.5. The molecule has 5 heteroatoms. The highest BCUT2D eigenvalue weighted by molar-refractivity contribution is 5.75. The van der Waals surface area contributed by atoms with E-state index in [-0.39, 0.29) is 24.2 Å². The summed E-state index contributed by atoms with van der Waals surface area (Å²) in [7, 11) is 0. The van der Waals surface area contributed by atoms with Gasteiger partial charge in [-0.15, -0.1) is 0 Å². The Labute approximate surface area is 144 Å². The van der Waals surface area contributed by atoms with Crippen molar-refractivity contribution in [3.8, 4) is 0 Å². The Bertz CT molecular complexity index is 531. The quantitative estimate of drug-likeness (QED) is 0.871. The third-order valence-corrected chi connectivity index (χ3v) is 5.19. The number of benzene rings is 1. The first kappa shape index (κ1) is 17.2. The van der Waals surface area contributed by atoms with E-state index in [2.05, 4.69) is 5.32 Å². The molecular formula is C19H28N2O3. The van der Waals surface area contributed by atoms with Gasteiger partial charge in [0.15, 0.2) is 0 Å². The zero-order chi connectivity index (χ0) is 16.9. The topological polar surface area (TPSA) is 61.8 Å². The van der Waals surface area contributed by atoms with Gasteiger partial charge in [0, 0.05) is 19.2 Å². The lowest BCUT2D eigenvalue weighted by atomic mass is 10.0. The first-order valence-electron chi connectivity index (χ1n) is 9.07. The number of hydrogen-bond donors (Lipinski definition) is 2. The van der Waals surface area contributed by atoms with Crippen LogP contribution in [0.3, 0.4) is 0 Å². The van der Waals surface area contributed by atoms with Crippen molar-refractivity contribution in [1.29, 1.82) is 0 Å². The maximum absolute atomic E-state index is 12.6. The molecule has 2 aliphatic rings. The molecule has 2 amide bonds. The predicted molar refractivity (Wildman–Crippen MR) is 92.7 cm³/mol. The lowest BCUT2D eigenvalue weighted by Gasteiger charge is -2.29. The van der Waals surface area contributed by atoms with Crippen LogP contribution in [-0.2, 0) is 4.74 Å². The number of urea groups is 1. The molecule has 2 N–H and O–H groups in total. The standard InChI is InChI=1S/C19H28N2O3/c1-14(18-10-6-12-24-18)20-19(23)21-11-5-9-16(21)13-17(22)15-7-3-2-4-8-15/h2-4,7-8,14,16-18,22H,5-6,9-13H2,1H3,(H,20,23)/t14-,16+,17-,18+/m0/s1. The molecule has 0 saturated carbocycles. The van der Waals surface area contributed by atoms with Gasteiger partial charge in [0.05, 0.1) is 18.2 Å². The summed E-state index contributed by atoms with van der Waals surface area (Å²) in [5.41, 5.74) is 0.914. The Morgan fingerprint density at radius 1 is 1.33 bits per heavy atom. The van der Waals surface area contributed by atoms with E-state index in [0.717, 1.165) is 44.4 Å². The van der Waals surface area contributed by atoms with E-state index in [4.69, 9.17) is 4.74 Å². The van der Waals surface area contributed by atoms with Crippen molar-refractivity contribution in [3.05, 3.63) is 35.9 Å². The van der Waals surface area contributed by atoms with E-state index >= 15 is 0 Å². The summed E-state index contributed by atoms with van der Waals surface area (Å²) in [6.45, 7) is 3.56. The number of likely N-dealkylation sites (tertiary alicyclic amines) is 1. The van der Waals surface area contributed by atoms with Crippen LogP contribution in [0.5, 0.6) is 0 Å². The predicted octanol–water partition coefficient (Wildman–Crippen LogP) is 2.85. The molecule has 3 rings (SSSR count). The molecule has 5 nitrogen and oxygen atoms in total. The molecule has 2 fully saturated rings. The van der Waals surface area contributed by atoms with Crippen molar-refractivity contribution in [2.75, 3.05) is 13.2 Å². The SMILES string of the molecule is C[C@H](NC(=O)N1CCC[C@@H]1C[C@H](O)c1ccccc1)[C@H]1CCCO1. The first-order chi connectivity index (χ1) is 11.6. The molecule has 0 unspecified atom stereocenters. The summed E-state index contributed by atoms with van der Waals surface area (Å²) in [6.07, 6.45) is 4.22. The van der Waals surface area contributed by atoms with Crippen LogP contribution in [0.15, 0.2) is 30.3 Å². The zero-order valence-corrected chi connectivity index (χ0v) is 14.4. The molecular weight excluding hydrogens is 304 g/mol. The number of aliphatic hydroxyl groups excluding tert-OH is 1. The molecule has 2 heterocycles. The molecule has 0 bridgehead atoms. The minimum atomic E-state index is -0.528. The number of amides is 2. The molecule has 0 spiro atoms. The second kappa shape index (κ2) is 7.99. The Kier molecular flexibility index (Phi) is 5.74. The van der Waals surface area contributed by atoms with Gasteiger partial charge in [0.25, 0.3) is 0 Å². The molecule has 1 aromatic carbocycles. The number of carbonyl (C=O) groups is 1. The van der Waals surface area contributed by atoms with Gasteiger partial charge in [-0.3, -0.25) is 0 Å². The van der Waals surface area contributed by atoms with E-state index < -0.39 is 6.10 Å². The van der Waals surface area contributed by atoms with Crippen molar-refractivity contribution >= 4 is 6.03 Å². The van der Waals surface area contributed by atoms with Gasteiger partial charge < -0.3 is 20.1 Å². The molecule has 2 saturated heterocycles. The van der Waals surface area contributed by atoms with E-state index in [1.165, 1.54) is 0 Å². The number of hydrogen-bond acceptors (Lipinski definition) is 3. The molecule has 2 aliphatic heterocycles. The third-order valence-electron chi connectivity index (χ3n) is 5.19. The van der Waals surface area contributed by atoms with Gasteiger partial charge in [-0.1, -0.05) is 30.3 Å². The Hall–Kier alpha value is -1.59. The summed E-state index contributed by atoms with van der Waals surface area (Å²) in [5, 5.41) is 13.5. The summed E-state index contributed by atoms with van der Waals surface area (Å²) in [5.74, 6) is 0. The van der Waals surface area contributed by atoms with Crippen LogP contribution in [0, 0.1) is 0 Å². The molecule has 0 aromatic heterocycles. The number of carbonyl (C=O) groups excluding carboxylic acids is 1. The Morgan fingerprint density at radius 2 is 2.12 bits per heavy atom. The summed E-state index contributed by atoms with van der Waals surface area (Å²) in [6, 6.07) is 9.77. The number of ether oxygens (including phenoxy) is 1. The summed E-state index contributed by atoms with van der Waals surface area (Å²) >= 11 is 0. The minimum Gasteiger partial charge on any atom is -0.388 e. The van der Waals surface area contributed by atoms with Gasteiger partial charge in [0.1, 0.15) is 0 Å². The number of aliphatic hydroxyl groups is 1. The van der Waals surface area contributed by atoms with Gasteiger partial charge >= 0.3 is 6.03 Å². The van der Waals surface area contributed by atoms with Gasteiger partial charge in [-0.05, 0) is 44.6 Å². The zero-order valence-electron chi connectivity index (χ0n) is 14.4. The van der Waals surface area contributed by atoms with Gasteiger partial charge in [-0.25, -0.2) is 4.79 Å². The number of rotatable bonds is 5. The van der Waals surface area contributed by atoms with Crippen LogP contribution in [0.1, 0.15) is 50.7 Å². The lowest BCUT2D eigenvalue weighted by Crippen LogP contribution is -2.49. The third kappa shape index (κ3) is 4.08. The van der Waals surface area contributed by atoms with Crippen molar-refractivity contribution in [2.45, 2.75) is 63.3 Å². The number of nitrogens with one attached hydrogen (secondary N) is 1. The maximum Gasteiger partial charge on any atom is 0.317 e. The second-order valence-electron chi connectivity index (χ2n) is 6.94. The highest BCUT2D eigenvalue weighted by Gasteiger charge is 2.32. The van der Waals surface area contributed by atoms with E-state index in [1.54, 1.807) is 0 Å². The van der Waals surface area contributed by atoms with Gasteiger partial charge in [-0.2, -0.15) is 0 Å². The van der Waals surface area contributed by atoms with Gasteiger partial charge in [0.2, 0.25) is 0 Å². The average molecular weight is 332 g/mol. The fourth-order valence-corrected chi connectivity index (χ4v) is 3.78. The normalized spacial score (nSPS) is 26.3.